The van der Waals surface area contributed by atoms with Crippen LogP contribution in [0, 0.1) is 0 Å². The molecule has 0 radical (unpaired) electrons. The van der Waals surface area contributed by atoms with Crippen molar-refractivity contribution in [3.05, 3.63) is 30.9 Å². The lowest BCUT2D eigenvalue weighted by Crippen LogP contribution is -2.30. The molecule has 0 aliphatic carbocycles. The number of rotatable bonds is 4. The Morgan fingerprint density at radius 3 is 2.86 bits per heavy atom. The highest BCUT2D eigenvalue weighted by atomic mass is 16.2. The van der Waals surface area contributed by atoms with E-state index in [1.165, 1.54) is 25.6 Å². The minimum Gasteiger partial charge on any atom is -0.356 e. The minimum atomic E-state index is -0.151. The van der Waals surface area contributed by atoms with Crippen LogP contribution in [0.5, 0.6) is 0 Å². The fourth-order valence-electron chi connectivity index (χ4n) is 2.43. The zero-order chi connectivity index (χ0) is 14.5. The molecule has 0 atom stereocenters. The van der Waals surface area contributed by atoms with Crippen molar-refractivity contribution in [3.8, 4) is 0 Å². The molecule has 0 aromatic carbocycles. The summed E-state index contributed by atoms with van der Waals surface area (Å²) in [6, 6.07) is 3.61. The van der Waals surface area contributed by atoms with E-state index >= 15 is 0 Å². The maximum Gasteiger partial charge on any atom is 0.247 e. The van der Waals surface area contributed by atoms with Crippen molar-refractivity contribution in [2.75, 3.05) is 23.3 Å². The number of anilines is 2. The molecule has 1 N–H and O–H groups in total. The summed E-state index contributed by atoms with van der Waals surface area (Å²) >= 11 is 0. The predicted octanol–water partition coefficient (Wildman–Crippen LogP) is 1.30. The number of piperidine rings is 1. The van der Waals surface area contributed by atoms with Crippen LogP contribution in [-0.4, -0.2) is 38.7 Å². The number of amides is 1. The smallest absolute Gasteiger partial charge is 0.247 e. The first-order valence-corrected chi connectivity index (χ1v) is 7.15. The first kappa shape index (κ1) is 13.5. The first-order valence-electron chi connectivity index (χ1n) is 7.15. The number of carbonyl (C=O) groups excluding carboxylic acids is 1. The summed E-state index contributed by atoms with van der Waals surface area (Å²) < 4.78 is 1.57. The van der Waals surface area contributed by atoms with Crippen LogP contribution < -0.4 is 10.2 Å². The van der Waals surface area contributed by atoms with E-state index in [1.807, 2.05) is 6.07 Å². The molecule has 0 unspecified atom stereocenters. The van der Waals surface area contributed by atoms with Crippen LogP contribution in [0.25, 0.3) is 0 Å². The van der Waals surface area contributed by atoms with Crippen molar-refractivity contribution in [2.24, 2.45) is 0 Å². The number of nitrogens with zero attached hydrogens (tertiary/aromatic N) is 5. The van der Waals surface area contributed by atoms with Gasteiger partial charge in [0.1, 0.15) is 24.5 Å². The summed E-state index contributed by atoms with van der Waals surface area (Å²) in [7, 11) is 0. The number of nitrogens with one attached hydrogen (secondary N) is 1. The maximum absolute atomic E-state index is 11.9. The average Bonchev–Trinajstić information content (AvgIpc) is 3.01. The van der Waals surface area contributed by atoms with E-state index in [1.54, 1.807) is 23.1 Å². The molecule has 2 aromatic rings. The van der Waals surface area contributed by atoms with Gasteiger partial charge in [0.15, 0.2) is 0 Å². The first-order chi connectivity index (χ1) is 10.3. The Balaban J connectivity index is 1.63. The van der Waals surface area contributed by atoms with E-state index in [0.29, 0.717) is 5.82 Å². The Bertz CT molecular complexity index is 591. The van der Waals surface area contributed by atoms with E-state index in [2.05, 4.69) is 25.3 Å². The number of hydrogen-bond donors (Lipinski definition) is 1. The van der Waals surface area contributed by atoms with Crippen LogP contribution in [-0.2, 0) is 11.3 Å². The Hall–Kier alpha value is -2.44. The van der Waals surface area contributed by atoms with Gasteiger partial charge in [0.05, 0.1) is 0 Å². The van der Waals surface area contributed by atoms with Gasteiger partial charge in [0.25, 0.3) is 0 Å². The van der Waals surface area contributed by atoms with Crippen LogP contribution in [0.15, 0.2) is 30.9 Å². The second kappa shape index (κ2) is 6.34. The van der Waals surface area contributed by atoms with Gasteiger partial charge in [-0.2, -0.15) is 5.10 Å². The van der Waals surface area contributed by atoms with Gasteiger partial charge in [-0.1, -0.05) is 0 Å². The highest BCUT2D eigenvalue weighted by Gasteiger charge is 2.13. The van der Waals surface area contributed by atoms with Gasteiger partial charge < -0.3 is 10.2 Å². The van der Waals surface area contributed by atoms with E-state index < -0.39 is 0 Å². The van der Waals surface area contributed by atoms with Gasteiger partial charge >= 0.3 is 0 Å². The quantitative estimate of drug-likeness (QED) is 0.917. The number of hydrogen-bond acceptors (Lipinski definition) is 5. The molecule has 1 saturated heterocycles. The number of aromatic nitrogens is 4. The fraction of sp³-hybridized carbons (Fsp3) is 0.429. The van der Waals surface area contributed by atoms with Crippen LogP contribution in [0.3, 0.4) is 0 Å². The Morgan fingerprint density at radius 1 is 1.24 bits per heavy atom. The largest absolute Gasteiger partial charge is 0.356 e. The third-order valence-electron chi connectivity index (χ3n) is 3.46. The normalized spacial score (nSPS) is 15.0. The molecule has 1 amide bonds. The van der Waals surface area contributed by atoms with Crippen LogP contribution in [0.4, 0.5) is 11.6 Å². The third-order valence-corrected chi connectivity index (χ3v) is 3.46. The molecule has 110 valence electrons. The van der Waals surface area contributed by atoms with Crippen LogP contribution >= 0.6 is 0 Å². The molecular weight excluding hydrogens is 268 g/mol. The topological polar surface area (TPSA) is 75.9 Å². The molecule has 1 aliphatic rings. The zero-order valence-corrected chi connectivity index (χ0v) is 11.8. The van der Waals surface area contributed by atoms with Crippen molar-refractivity contribution < 1.29 is 4.79 Å². The molecule has 3 rings (SSSR count). The summed E-state index contributed by atoms with van der Waals surface area (Å²) in [6.07, 6.45) is 8.53. The second-order valence-electron chi connectivity index (χ2n) is 5.06. The molecule has 0 bridgehead atoms. The summed E-state index contributed by atoms with van der Waals surface area (Å²) in [4.78, 5) is 22.5. The zero-order valence-electron chi connectivity index (χ0n) is 11.8. The van der Waals surface area contributed by atoms with Gasteiger partial charge in [0.2, 0.25) is 5.91 Å². The highest BCUT2D eigenvalue weighted by Crippen LogP contribution is 2.19. The van der Waals surface area contributed by atoms with Crippen molar-refractivity contribution >= 4 is 17.5 Å². The molecule has 3 heterocycles. The lowest BCUT2D eigenvalue weighted by molar-refractivity contribution is -0.116. The SMILES string of the molecule is O=C(Cn1cccn1)Nc1cc(N2CCCCC2)ncn1. The predicted molar refractivity (Wildman–Crippen MR) is 79.0 cm³/mol. The summed E-state index contributed by atoms with van der Waals surface area (Å²) in [6.45, 7) is 2.20. The lowest BCUT2D eigenvalue weighted by atomic mass is 10.1. The molecule has 1 fully saturated rings. The van der Waals surface area contributed by atoms with Gasteiger partial charge in [-0.15, -0.1) is 0 Å². The van der Waals surface area contributed by atoms with E-state index in [4.69, 9.17) is 0 Å². The van der Waals surface area contributed by atoms with E-state index in [-0.39, 0.29) is 12.5 Å². The van der Waals surface area contributed by atoms with E-state index in [0.717, 1.165) is 18.9 Å². The van der Waals surface area contributed by atoms with E-state index in [9.17, 15) is 4.79 Å². The Morgan fingerprint density at radius 2 is 2.10 bits per heavy atom. The summed E-state index contributed by atoms with van der Waals surface area (Å²) in [5.74, 6) is 1.25. The molecule has 7 heteroatoms. The van der Waals surface area contributed by atoms with Crippen molar-refractivity contribution in [1.29, 1.82) is 0 Å². The molecule has 21 heavy (non-hydrogen) atoms. The van der Waals surface area contributed by atoms with Gasteiger partial charge in [0, 0.05) is 31.5 Å². The van der Waals surface area contributed by atoms with Crippen LogP contribution in [0.2, 0.25) is 0 Å². The Kier molecular flexibility index (Phi) is 4.09. The summed E-state index contributed by atoms with van der Waals surface area (Å²) in [5.41, 5.74) is 0. The van der Waals surface area contributed by atoms with Crippen LogP contribution in [0.1, 0.15) is 19.3 Å². The third kappa shape index (κ3) is 3.56. The maximum atomic E-state index is 11.9. The monoisotopic (exact) mass is 286 g/mol. The molecule has 0 saturated carbocycles. The fourth-order valence-corrected chi connectivity index (χ4v) is 2.43. The summed E-state index contributed by atoms with van der Waals surface area (Å²) in [5, 5.41) is 6.79. The number of carbonyl (C=O) groups is 1. The average molecular weight is 286 g/mol. The molecule has 1 aliphatic heterocycles. The standard InChI is InChI=1S/C14H18N6O/c21-14(10-20-8-4-5-17-20)18-12-9-13(16-11-15-12)19-6-2-1-3-7-19/h4-5,8-9,11H,1-3,6-7,10H2,(H,15,16,18,21). The highest BCUT2D eigenvalue weighted by molar-refractivity contribution is 5.89. The molecule has 0 spiro atoms. The van der Waals surface area contributed by atoms with Gasteiger partial charge in [-0.25, -0.2) is 9.97 Å². The van der Waals surface area contributed by atoms with Gasteiger partial charge in [-0.3, -0.25) is 9.48 Å². The lowest BCUT2D eigenvalue weighted by Gasteiger charge is -2.27. The van der Waals surface area contributed by atoms with Crippen molar-refractivity contribution in [2.45, 2.75) is 25.8 Å². The molecule has 2 aromatic heterocycles. The van der Waals surface area contributed by atoms with Crippen molar-refractivity contribution in [1.82, 2.24) is 19.7 Å². The second-order valence-corrected chi connectivity index (χ2v) is 5.06. The molecule has 7 nitrogen and oxygen atoms in total. The molecular formula is C14H18N6O. The van der Waals surface area contributed by atoms with Crippen molar-refractivity contribution in [3.63, 3.8) is 0 Å². The Labute approximate surface area is 123 Å². The van der Waals surface area contributed by atoms with Gasteiger partial charge in [-0.05, 0) is 25.3 Å². The minimum absolute atomic E-state index is 0.151.